The van der Waals surface area contributed by atoms with Crippen LogP contribution in [-0.4, -0.2) is 4.98 Å². The van der Waals surface area contributed by atoms with Crippen LogP contribution in [0.5, 0.6) is 0 Å². The first-order valence-electron chi connectivity index (χ1n) is 9.16. The summed E-state index contributed by atoms with van der Waals surface area (Å²) in [5.74, 6) is 0. The second-order valence-electron chi connectivity index (χ2n) is 6.70. The van der Waals surface area contributed by atoms with Gasteiger partial charge in [0.15, 0.2) is 5.13 Å². The molecule has 27 heavy (non-hydrogen) atoms. The van der Waals surface area contributed by atoms with Crippen LogP contribution in [-0.2, 0) is 12.8 Å². The summed E-state index contributed by atoms with van der Waals surface area (Å²) in [6.07, 6.45) is 1.77. The minimum atomic E-state index is 0.856. The van der Waals surface area contributed by atoms with Gasteiger partial charge in [-0.25, -0.2) is 4.98 Å². The van der Waals surface area contributed by atoms with Crippen LogP contribution in [0, 0.1) is 6.92 Å². The first kappa shape index (κ1) is 17.5. The molecule has 0 unspecified atom stereocenters. The van der Waals surface area contributed by atoms with Crippen LogP contribution in [0.3, 0.4) is 0 Å². The highest BCUT2D eigenvalue weighted by molar-refractivity contribution is 7.15. The molecular weight excluding hydrogens is 348 g/mol. The standard InChI is InChI=1S/C24H22N2S/c1-18-12-14-21(15-13-18)25-24-26-22(16-19-8-4-2-5-9-19)23(27-24)17-20-10-6-3-7-11-20/h2-15H,16-17H2,1H3,(H,25,26). The molecule has 0 aliphatic rings. The van der Waals surface area contributed by atoms with E-state index in [1.807, 2.05) is 0 Å². The van der Waals surface area contributed by atoms with Crippen LogP contribution in [0.4, 0.5) is 10.8 Å². The van der Waals surface area contributed by atoms with Gasteiger partial charge >= 0.3 is 0 Å². The van der Waals surface area contributed by atoms with Crippen LogP contribution in [0.2, 0.25) is 0 Å². The summed E-state index contributed by atoms with van der Waals surface area (Å²) in [4.78, 5) is 6.25. The fourth-order valence-corrected chi connectivity index (χ4v) is 4.08. The normalized spacial score (nSPS) is 10.7. The minimum absolute atomic E-state index is 0.856. The Balaban J connectivity index is 1.62. The van der Waals surface area contributed by atoms with Crippen molar-refractivity contribution in [1.29, 1.82) is 0 Å². The van der Waals surface area contributed by atoms with Gasteiger partial charge < -0.3 is 5.32 Å². The Bertz CT molecular complexity index is 931. The second kappa shape index (κ2) is 8.19. The van der Waals surface area contributed by atoms with Crippen molar-refractivity contribution in [3.63, 3.8) is 0 Å². The van der Waals surface area contributed by atoms with Crippen LogP contribution in [0.25, 0.3) is 0 Å². The van der Waals surface area contributed by atoms with Crippen molar-refractivity contribution in [3.05, 3.63) is 112 Å². The molecule has 0 saturated carbocycles. The molecule has 2 nitrogen and oxygen atoms in total. The maximum atomic E-state index is 4.93. The summed E-state index contributed by atoms with van der Waals surface area (Å²) in [6, 6.07) is 29.6. The highest BCUT2D eigenvalue weighted by Gasteiger charge is 2.13. The molecule has 0 spiro atoms. The van der Waals surface area contributed by atoms with Crippen molar-refractivity contribution >= 4 is 22.2 Å². The number of thiazole rings is 1. The molecule has 0 bridgehead atoms. The van der Waals surface area contributed by atoms with Crippen LogP contribution < -0.4 is 5.32 Å². The van der Waals surface area contributed by atoms with Crippen LogP contribution >= 0.6 is 11.3 Å². The molecule has 0 aliphatic heterocycles. The zero-order valence-corrected chi connectivity index (χ0v) is 16.2. The van der Waals surface area contributed by atoms with Gasteiger partial charge in [-0.2, -0.15) is 0 Å². The zero-order valence-electron chi connectivity index (χ0n) is 15.4. The van der Waals surface area contributed by atoms with Crippen molar-refractivity contribution < 1.29 is 0 Å². The lowest BCUT2D eigenvalue weighted by Gasteiger charge is -2.03. The Kier molecular flexibility index (Phi) is 5.31. The highest BCUT2D eigenvalue weighted by atomic mass is 32.1. The molecule has 0 radical (unpaired) electrons. The van der Waals surface area contributed by atoms with E-state index in [0.717, 1.165) is 29.4 Å². The van der Waals surface area contributed by atoms with Gasteiger partial charge in [-0.05, 0) is 30.2 Å². The quantitative estimate of drug-likeness (QED) is 0.426. The number of rotatable bonds is 6. The summed E-state index contributed by atoms with van der Waals surface area (Å²) in [5.41, 5.74) is 6.10. The zero-order chi connectivity index (χ0) is 18.5. The molecule has 1 heterocycles. The van der Waals surface area contributed by atoms with E-state index in [-0.39, 0.29) is 0 Å². The lowest BCUT2D eigenvalue weighted by Crippen LogP contribution is -1.95. The average Bonchev–Trinajstić information content (AvgIpc) is 3.06. The van der Waals surface area contributed by atoms with Gasteiger partial charge in [0.2, 0.25) is 0 Å². The molecule has 1 N–H and O–H groups in total. The molecule has 0 amide bonds. The Morgan fingerprint density at radius 3 is 1.96 bits per heavy atom. The summed E-state index contributed by atoms with van der Waals surface area (Å²) in [6.45, 7) is 2.10. The Hall–Kier alpha value is -2.91. The molecule has 0 aliphatic carbocycles. The molecule has 4 rings (SSSR count). The highest BCUT2D eigenvalue weighted by Crippen LogP contribution is 2.29. The number of hydrogen-bond donors (Lipinski definition) is 1. The van der Waals surface area contributed by atoms with Gasteiger partial charge in [0, 0.05) is 23.4 Å². The predicted molar refractivity (Wildman–Crippen MR) is 115 cm³/mol. The van der Waals surface area contributed by atoms with E-state index in [2.05, 4.69) is 97.2 Å². The van der Waals surface area contributed by atoms with Gasteiger partial charge in [0.05, 0.1) is 5.69 Å². The summed E-state index contributed by atoms with van der Waals surface area (Å²) in [5, 5.41) is 4.43. The third kappa shape index (κ3) is 4.63. The Morgan fingerprint density at radius 1 is 0.741 bits per heavy atom. The number of hydrogen-bond acceptors (Lipinski definition) is 3. The van der Waals surface area contributed by atoms with E-state index in [9.17, 15) is 0 Å². The number of nitrogens with one attached hydrogen (secondary N) is 1. The monoisotopic (exact) mass is 370 g/mol. The molecule has 134 valence electrons. The van der Waals surface area contributed by atoms with Crippen molar-refractivity contribution in [2.75, 3.05) is 5.32 Å². The predicted octanol–water partition coefficient (Wildman–Crippen LogP) is 6.38. The lowest BCUT2D eigenvalue weighted by atomic mass is 10.1. The van der Waals surface area contributed by atoms with Crippen LogP contribution in [0.1, 0.15) is 27.3 Å². The summed E-state index contributed by atoms with van der Waals surface area (Å²) >= 11 is 1.75. The molecular formula is C24H22N2S. The maximum Gasteiger partial charge on any atom is 0.187 e. The molecule has 0 atom stereocenters. The van der Waals surface area contributed by atoms with Crippen molar-refractivity contribution in [2.24, 2.45) is 0 Å². The Labute approximate surface area is 164 Å². The van der Waals surface area contributed by atoms with E-state index in [4.69, 9.17) is 4.98 Å². The number of anilines is 2. The lowest BCUT2D eigenvalue weighted by molar-refractivity contribution is 1.06. The third-order valence-corrected chi connectivity index (χ3v) is 5.52. The first-order valence-corrected chi connectivity index (χ1v) is 9.98. The van der Waals surface area contributed by atoms with E-state index in [1.165, 1.54) is 21.6 Å². The fourth-order valence-electron chi connectivity index (χ4n) is 3.04. The van der Waals surface area contributed by atoms with Gasteiger partial charge in [0.25, 0.3) is 0 Å². The maximum absolute atomic E-state index is 4.93. The number of nitrogens with zero attached hydrogens (tertiary/aromatic N) is 1. The van der Waals surface area contributed by atoms with Gasteiger partial charge in [-0.1, -0.05) is 78.4 Å². The SMILES string of the molecule is Cc1ccc(Nc2nc(Cc3ccccc3)c(Cc3ccccc3)s2)cc1. The van der Waals surface area contributed by atoms with Gasteiger partial charge in [-0.3, -0.25) is 0 Å². The van der Waals surface area contributed by atoms with Crippen molar-refractivity contribution in [3.8, 4) is 0 Å². The smallest absolute Gasteiger partial charge is 0.187 e. The third-order valence-electron chi connectivity index (χ3n) is 4.50. The van der Waals surface area contributed by atoms with Gasteiger partial charge in [0.1, 0.15) is 0 Å². The molecule has 1 aromatic heterocycles. The van der Waals surface area contributed by atoms with Gasteiger partial charge in [-0.15, -0.1) is 11.3 Å². The molecule has 3 aromatic carbocycles. The first-order chi connectivity index (χ1) is 13.3. The number of aromatic nitrogens is 1. The van der Waals surface area contributed by atoms with E-state index < -0.39 is 0 Å². The Morgan fingerprint density at radius 2 is 1.33 bits per heavy atom. The summed E-state index contributed by atoms with van der Waals surface area (Å²) < 4.78 is 0. The van der Waals surface area contributed by atoms with Crippen molar-refractivity contribution in [1.82, 2.24) is 4.98 Å². The largest absolute Gasteiger partial charge is 0.332 e. The number of aryl methyl sites for hydroxylation is 1. The summed E-state index contributed by atoms with van der Waals surface area (Å²) in [7, 11) is 0. The van der Waals surface area contributed by atoms with Crippen molar-refractivity contribution in [2.45, 2.75) is 19.8 Å². The molecule has 0 saturated heterocycles. The van der Waals surface area contributed by atoms with Crippen LogP contribution in [0.15, 0.2) is 84.9 Å². The van der Waals surface area contributed by atoms with E-state index in [1.54, 1.807) is 11.3 Å². The average molecular weight is 371 g/mol. The second-order valence-corrected chi connectivity index (χ2v) is 7.79. The van der Waals surface area contributed by atoms with E-state index in [0.29, 0.717) is 0 Å². The number of benzene rings is 3. The molecule has 0 fully saturated rings. The molecule has 4 aromatic rings. The topological polar surface area (TPSA) is 24.9 Å². The van der Waals surface area contributed by atoms with E-state index >= 15 is 0 Å². The minimum Gasteiger partial charge on any atom is -0.332 e. The fraction of sp³-hybridized carbons (Fsp3) is 0.125. The molecule has 3 heteroatoms.